The highest BCUT2D eigenvalue weighted by Crippen LogP contribution is 2.38. The van der Waals surface area contributed by atoms with Crippen molar-refractivity contribution < 1.29 is 24.0 Å². The maximum Gasteiger partial charge on any atom is 0.341 e. The summed E-state index contributed by atoms with van der Waals surface area (Å²) in [6.45, 7) is 0.872. The molecule has 1 fully saturated rings. The number of thiophene rings is 1. The zero-order chi connectivity index (χ0) is 22.8. The molecule has 2 amide bonds. The van der Waals surface area contributed by atoms with E-state index in [-0.39, 0.29) is 11.3 Å². The molecule has 1 aliphatic carbocycles. The number of benzene rings is 1. The Balaban J connectivity index is 1.47. The van der Waals surface area contributed by atoms with Crippen LogP contribution < -0.4 is 16.0 Å². The Hall–Kier alpha value is -3.47. The molecule has 0 spiro atoms. The van der Waals surface area contributed by atoms with E-state index in [4.69, 9.17) is 10.5 Å². The third-order valence-corrected chi connectivity index (χ3v) is 6.82. The van der Waals surface area contributed by atoms with E-state index in [1.54, 1.807) is 0 Å². The fourth-order valence-electron chi connectivity index (χ4n) is 4.16. The first-order valence-corrected chi connectivity index (χ1v) is 11.1. The Kier molecular flexibility index (Phi) is 6.08. The average molecular weight is 458 g/mol. The lowest BCUT2D eigenvalue weighted by Crippen LogP contribution is -2.25. The number of nitrogens with two attached hydrogens (primary N) is 1. The van der Waals surface area contributed by atoms with Crippen LogP contribution in [0.5, 0.6) is 0 Å². The minimum absolute atomic E-state index is 0.0434. The van der Waals surface area contributed by atoms with Gasteiger partial charge >= 0.3 is 5.97 Å². The lowest BCUT2D eigenvalue weighted by atomic mass is 10.1. The highest BCUT2D eigenvalue weighted by atomic mass is 32.1. The van der Waals surface area contributed by atoms with Crippen molar-refractivity contribution in [1.82, 2.24) is 0 Å². The van der Waals surface area contributed by atoms with E-state index in [2.05, 4.69) is 5.32 Å². The molecule has 2 aromatic rings. The molecule has 0 bridgehead atoms. The van der Waals surface area contributed by atoms with Gasteiger partial charge in [-0.05, 0) is 43.7 Å². The number of nitro benzene ring substituents is 1. The number of carbonyl (C=O) groups is 3. The van der Waals surface area contributed by atoms with Gasteiger partial charge < -0.3 is 20.7 Å². The van der Waals surface area contributed by atoms with E-state index in [0.29, 0.717) is 16.3 Å². The van der Waals surface area contributed by atoms with E-state index in [9.17, 15) is 24.5 Å². The quantitative estimate of drug-likeness (QED) is 0.368. The fourth-order valence-corrected chi connectivity index (χ4v) is 5.47. The number of nitrogens with zero attached hydrogens (tertiary/aromatic N) is 2. The van der Waals surface area contributed by atoms with Gasteiger partial charge in [0.05, 0.1) is 21.7 Å². The van der Waals surface area contributed by atoms with Crippen molar-refractivity contribution >= 4 is 45.5 Å². The lowest BCUT2D eigenvalue weighted by Gasteiger charge is -2.20. The second-order valence-electron chi connectivity index (χ2n) is 7.70. The van der Waals surface area contributed by atoms with Gasteiger partial charge in [0.1, 0.15) is 5.00 Å². The first-order chi connectivity index (χ1) is 15.3. The third-order valence-electron chi connectivity index (χ3n) is 5.61. The van der Waals surface area contributed by atoms with Crippen LogP contribution in [0.3, 0.4) is 0 Å². The molecular formula is C21H22N4O6S. The summed E-state index contributed by atoms with van der Waals surface area (Å²) in [5.74, 6) is -2.05. The molecule has 2 aliphatic rings. The summed E-state index contributed by atoms with van der Waals surface area (Å²) in [7, 11) is 0. The van der Waals surface area contributed by atoms with E-state index in [1.807, 2.05) is 4.90 Å². The standard InChI is InChI=1S/C21H22N4O6S/c22-19(27)18-13-4-3-5-16(13)32-20(18)23-17(26)11-31-21(28)14-10-12(25(29)30)6-7-15(14)24-8-1-2-9-24/h6-7,10H,1-5,8-9,11H2,(H2,22,27)(H,23,26). The Morgan fingerprint density at radius 2 is 1.94 bits per heavy atom. The maximum atomic E-state index is 12.7. The van der Waals surface area contributed by atoms with Crippen molar-refractivity contribution in [3.63, 3.8) is 0 Å². The van der Waals surface area contributed by atoms with E-state index in [0.717, 1.165) is 55.6 Å². The molecule has 1 saturated heterocycles. The molecule has 32 heavy (non-hydrogen) atoms. The second kappa shape index (κ2) is 8.95. The van der Waals surface area contributed by atoms with Gasteiger partial charge in [0.2, 0.25) is 0 Å². The van der Waals surface area contributed by atoms with Gasteiger partial charge in [-0.25, -0.2) is 4.79 Å². The largest absolute Gasteiger partial charge is 0.452 e. The topological polar surface area (TPSA) is 145 Å². The number of primary amides is 1. The lowest BCUT2D eigenvalue weighted by molar-refractivity contribution is -0.384. The number of hydrogen-bond acceptors (Lipinski definition) is 8. The Bertz CT molecular complexity index is 1110. The van der Waals surface area contributed by atoms with Crippen LogP contribution in [-0.4, -0.2) is 42.4 Å². The fraction of sp³-hybridized carbons (Fsp3) is 0.381. The number of non-ortho nitro benzene ring substituents is 1. The molecule has 1 aliphatic heterocycles. The minimum atomic E-state index is -0.824. The Morgan fingerprint density at radius 1 is 1.19 bits per heavy atom. The van der Waals surface area contributed by atoms with Gasteiger partial charge in [0, 0.05) is 30.1 Å². The molecule has 168 valence electrons. The number of esters is 1. The van der Waals surface area contributed by atoms with Gasteiger partial charge in [-0.1, -0.05) is 0 Å². The molecule has 10 nitrogen and oxygen atoms in total. The Labute approximate surface area is 187 Å². The molecule has 2 heterocycles. The summed E-state index contributed by atoms with van der Waals surface area (Å²) in [6, 6.07) is 4.05. The van der Waals surface area contributed by atoms with Crippen molar-refractivity contribution in [2.24, 2.45) is 5.73 Å². The van der Waals surface area contributed by atoms with Gasteiger partial charge in [0.15, 0.2) is 6.61 Å². The van der Waals surface area contributed by atoms with Crippen molar-refractivity contribution in [1.29, 1.82) is 0 Å². The van der Waals surface area contributed by atoms with Gasteiger partial charge in [-0.3, -0.25) is 19.7 Å². The number of rotatable bonds is 7. The molecule has 11 heteroatoms. The summed E-state index contributed by atoms with van der Waals surface area (Å²) < 4.78 is 5.16. The summed E-state index contributed by atoms with van der Waals surface area (Å²) in [6.07, 6.45) is 4.43. The number of ether oxygens (including phenoxy) is 1. The summed E-state index contributed by atoms with van der Waals surface area (Å²) in [5.41, 5.74) is 7.04. The van der Waals surface area contributed by atoms with Gasteiger partial charge in [-0.15, -0.1) is 11.3 Å². The summed E-state index contributed by atoms with van der Waals surface area (Å²) in [4.78, 5) is 50.6. The molecule has 0 atom stereocenters. The number of amides is 2. The van der Waals surface area contributed by atoms with E-state index in [1.165, 1.54) is 29.5 Å². The molecule has 3 N–H and O–H groups in total. The normalized spacial score (nSPS) is 14.8. The third kappa shape index (κ3) is 4.28. The highest BCUT2D eigenvalue weighted by molar-refractivity contribution is 7.17. The summed E-state index contributed by atoms with van der Waals surface area (Å²) >= 11 is 1.31. The first-order valence-electron chi connectivity index (χ1n) is 10.3. The van der Waals surface area contributed by atoms with Crippen molar-refractivity contribution in [3.05, 3.63) is 49.9 Å². The molecule has 1 aromatic carbocycles. The molecule has 0 unspecified atom stereocenters. The van der Waals surface area contributed by atoms with Crippen LogP contribution in [-0.2, 0) is 22.4 Å². The molecule has 0 saturated carbocycles. The van der Waals surface area contributed by atoms with Crippen LogP contribution in [0.2, 0.25) is 0 Å². The van der Waals surface area contributed by atoms with Crippen LogP contribution >= 0.6 is 11.3 Å². The molecule has 4 rings (SSSR count). The zero-order valence-electron chi connectivity index (χ0n) is 17.2. The predicted octanol–water partition coefficient (Wildman–Crippen LogP) is 2.64. The van der Waals surface area contributed by atoms with E-state index >= 15 is 0 Å². The number of carbonyl (C=O) groups excluding carboxylic acids is 3. The van der Waals surface area contributed by atoms with Gasteiger partial charge in [0.25, 0.3) is 17.5 Å². The van der Waals surface area contributed by atoms with Crippen LogP contribution in [0.1, 0.15) is 50.4 Å². The molecule has 1 aromatic heterocycles. The molecule has 0 radical (unpaired) electrons. The van der Waals surface area contributed by atoms with Crippen LogP contribution in [0.25, 0.3) is 0 Å². The summed E-state index contributed by atoms with van der Waals surface area (Å²) in [5, 5.41) is 14.1. The van der Waals surface area contributed by atoms with E-state index < -0.39 is 29.3 Å². The maximum absolute atomic E-state index is 12.7. The van der Waals surface area contributed by atoms with Crippen LogP contribution in [0.4, 0.5) is 16.4 Å². The number of nitro groups is 1. The number of hydrogen-bond donors (Lipinski definition) is 2. The monoisotopic (exact) mass is 458 g/mol. The number of fused-ring (bicyclic) bond motifs is 1. The highest BCUT2D eigenvalue weighted by Gasteiger charge is 2.27. The first kappa shape index (κ1) is 21.8. The van der Waals surface area contributed by atoms with Crippen LogP contribution in [0, 0.1) is 10.1 Å². The Morgan fingerprint density at radius 3 is 2.62 bits per heavy atom. The number of anilines is 2. The second-order valence-corrected chi connectivity index (χ2v) is 8.81. The molecular weight excluding hydrogens is 436 g/mol. The van der Waals surface area contributed by atoms with Crippen molar-refractivity contribution in [2.75, 3.05) is 29.9 Å². The number of aryl methyl sites for hydroxylation is 1. The van der Waals surface area contributed by atoms with Crippen molar-refractivity contribution in [2.45, 2.75) is 32.1 Å². The SMILES string of the molecule is NC(=O)c1c(NC(=O)COC(=O)c2cc([N+](=O)[O-])ccc2N2CCCC2)sc2c1CCC2. The van der Waals surface area contributed by atoms with Gasteiger partial charge in [-0.2, -0.15) is 0 Å². The number of nitrogens with one attached hydrogen (secondary N) is 1. The smallest absolute Gasteiger partial charge is 0.341 e. The predicted molar refractivity (Wildman–Crippen MR) is 118 cm³/mol. The average Bonchev–Trinajstić information content (AvgIpc) is 3.49. The van der Waals surface area contributed by atoms with Crippen molar-refractivity contribution in [3.8, 4) is 0 Å². The minimum Gasteiger partial charge on any atom is -0.452 e. The zero-order valence-corrected chi connectivity index (χ0v) is 18.0. The van der Waals surface area contributed by atoms with Crippen LogP contribution in [0.15, 0.2) is 18.2 Å².